The van der Waals surface area contributed by atoms with Crippen LogP contribution in [0.1, 0.15) is 15.2 Å². The molecule has 7 nitrogen and oxygen atoms in total. The zero-order chi connectivity index (χ0) is 21.5. The molecule has 0 aliphatic carbocycles. The van der Waals surface area contributed by atoms with Gasteiger partial charge in [0.2, 0.25) is 12.6 Å². The zero-order valence-electron chi connectivity index (χ0n) is 16.8. The molecule has 0 amide bonds. The number of nitrogens with two attached hydrogens (primary N) is 1. The van der Waals surface area contributed by atoms with E-state index >= 15 is 0 Å². The maximum atomic E-state index is 13.1. The van der Waals surface area contributed by atoms with E-state index in [1.54, 1.807) is 32.4 Å². The summed E-state index contributed by atoms with van der Waals surface area (Å²) in [6.45, 7) is 0.154. The number of nitrogen functional groups attached to an aromatic ring is 1. The van der Waals surface area contributed by atoms with Gasteiger partial charge in [0.15, 0.2) is 23.0 Å². The van der Waals surface area contributed by atoms with Crippen molar-refractivity contribution < 1.29 is 23.7 Å². The minimum atomic E-state index is -0.175. The third-order valence-corrected chi connectivity index (χ3v) is 6.23. The molecule has 31 heavy (non-hydrogen) atoms. The van der Waals surface area contributed by atoms with Crippen LogP contribution in [0.25, 0.3) is 21.5 Å². The number of pyridine rings is 1. The van der Waals surface area contributed by atoms with Crippen LogP contribution in [0.4, 0.5) is 5.69 Å². The number of hydrogen-bond acceptors (Lipinski definition) is 8. The molecule has 0 bridgehead atoms. The molecule has 1 aliphatic heterocycles. The first kappa shape index (κ1) is 19.2. The number of carbonyl (C=O) groups is 1. The van der Waals surface area contributed by atoms with E-state index in [9.17, 15) is 4.79 Å². The van der Waals surface area contributed by atoms with Crippen molar-refractivity contribution in [3.8, 4) is 34.3 Å². The molecule has 0 fully saturated rings. The molecule has 0 radical (unpaired) electrons. The van der Waals surface area contributed by atoms with Gasteiger partial charge in [0.1, 0.15) is 9.71 Å². The zero-order valence-corrected chi connectivity index (χ0v) is 17.6. The highest BCUT2D eigenvalue weighted by molar-refractivity contribution is 7.21. The number of hydrogen-bond donors (Lipinski definition) is 1. The van der Waals surface area contributed by atoms with Crippen molar-refractivity contribution in [2.24, 2.45) is 0 Å². The highest BCUT2D eigenvalue weighted by atomic mass is 32.1. The number of ketones is 1. The summed E-state index contributed by atoms with van der Waals surface area (Å²) >= 11 is 1.27. The Bertz CT molecular complexity index is 1330. The molecule has 4 aromatic rings. The molecule has 0 atom stereocenters. The molecule has 2 N–H and O–H groups in total. The van der Waals surface area contributed by atoms with Crippen LogP contribution in [0.3, 0.4) is 0 Å². The largest absolute Gasteiger partial charge is 0.493 e. The van der Waals surface area contributed by atoms with Gasteiger partial charge in [-0.1, -0.05) is 0 Å². The lowest BCUT2D eigenvalue weighted by atomic mass is 10.1. The first-order valence-electron chi connectivity index (χ1n) is 9.45. The van der Waals surface area contributed by atoms with Gasteiger partial charge in [-0.3, -0.25) is 4.79 Å². The summed E-state index contributed by atoms with van der Waals surface area (Å²) in [5, 5.41) is 0.748. The quantitative estimate of drug-likeness (QED) is 0.462. The first-order valence-corrected chi connectivity index (χ1v) is 10.3. The second kappa shape index (κ2) is 7.48. The van der Waals surface area contributed by atoms with Crippen molar-refractivity contribution in [1.29, 1.82) is 0 Å². The summed E-state index contributed by atoms with van der Waals surface area (Å²) in [6, 6.07) is 14.5. The Labute approximate surface area is 181 Å². The van der Waals surface area contributed by atoms with Crippen LogP contribution in [-0.4, -0.2) is 31.8 Å². The average molecular weight is 434 g/mol. The number of rotatable bonds is 5. The van der Waals surface area contributed by atoms with Crippen LogP contribution in [-0.2, 0) is 0 Å². The Hall–Kier alpha value is -3.78. The van der Waals surface area contributed by atoms with E-state index in [4.69, 9.17) is 29.7 Å². The van der Waals surface area contributed by atoms with Crippen LogP contribution >= 0.6 is 11.3 Å². The van der Waals surface area contributed by atoms with E-state index in [0.717, 1.165) is 16.6 Å². The number of aromatic nitrogens is 1. The molecule has 0 saturated heterocycles. The Balaban J connectivity index is 1.53. The third-order valence-electron chi connectivity index (χ3n) is 5.11. The topological polar surface area (TPSA) is 92.9 Å². The van der Waals surface area contributed by atoms with E-state index in [1.807, 2.05) is 30.3 Å². The number of ether oxygens (including phenoxy) is 4. The smallest absolute Gasteiger partial charge is 0.231 e. The number of anilines is 1. The molecule has 0 unspecified atom stereocenters. The molecular weight excluding hydrogens is 416 g/mol. The molecule has 5 rings (SSSR count). The monoisotopic (exact) mass is 434 g/mol. The van der Waals surface area contributed by atoms with Gasteiger partial charge < -0.3 is 24.7 Å². The standard InChI is InChI=1S/C23H18N2O5S/c1-27-16-7-3-12(9-18(16)28-2)15-6-5-14-20(24)22(31-23(14)25-15)21(26)13-4-8-17-19(10-13)30-11-29-17/h3-10H,11,24H2,1-2H3. The van der Waals surface area contributed by atoms with Gasteiger partial charge in [-0.05, 0) is 48.5 Å². The van der Waals surface area contributed by atoms with Gasteiger partial charge in [0.05, 0.1) is 25.6 Å². The fourth-order valence-corrected chi connectivity index (χ4v) is 4.55. The Morgan fingerprint density at radius 2 is 1.81 bits per heavy atom. The van der Waals surface area contributed by atoms with E-state index in [1.165, 1.54) is 11.3 Å². The van der Waals surface area contributed by atoms with Crippen molar-refractivity contribution in [2.45, 2.75) is 0 Å². The fourth-order valence-electron chi connectivity index (χ4n) is 3.49. The number of nitrogens with zero attached hydrogens (tertiary/aromatic N) is 1. The highest BCUT2D eigenvalue weighted by Gasteiger charge is 2.22. The number of carbonyl (C=O) groups excluding carboxylic acids is 1. The normalized spacial score (nSPS) is 12.2. The van der Waals surface area contributed by atoms with Crippen molar-refractivity contribution >= 4 is 33.0 Å². The molecule has 3 heterocycles. The lowest BCUT2D eigenvalue weighted by Gasteiger charge is -2.09. The van der Waals surface area contributed by atoms with Crippen molar-refractivity contribution in [3.63, 3.8) is 0 Å². The van der Waals surface area contributed by atoms with Crippen molar-refractivity contribution in [1.82, 2.24) is 4.98 Å². The maximum Gasteiger partial charge on any atom is 0.231 e. The molecule has 1 aliphatic rings. The predicted octanol–water partition coefficient (Wildman–Crippen LogP) is 4.52. The van der Waals surface area contributed by atoms with Gasteiger partial charge in [0, 0.05) is 16.5 Å². The first-order chi connectivity index (χ1) is 15.1. The number of fused-ring (bicyclic) bond motifs is 2. The predicted molar refractivity (Wildman–Crippen MR) is 119 cm³/mol. The highest BCUT2D eigenvalue weighted by Crippen LogP contribution is 2.39. The van der Waals surface area contributed by atoms with Crippen LogP contribution in [0.5, 0.6) is 23.0 Å². The molecule has 0 spiro atoms. The molecule has 0 saturated carbocycles. The molecule has 156 valence electrons. The van der Waals surface area contributed by atoms with Gasteiger partial charge in [0.25, 0.3) is 0 Å². The maximum absolute atomic E-state index is 13.1. The summed E-state index contributed by atoms with van der Waals surface area (Å²) in [7, 11) is 3.18. The Kier molecular flexibility index (Phi) is 4.63. The molecule has 2 aromatic carbocycles. The second-order valence-corrected chi connectivity index (χ2v) is 7.86. The molecule has 8 heteroatoms. The Morgan fingerprint density at radius 3 is 2.61 bits per heavy atom. The summed E-state index contributed by atoms with van der Waals surface area (Å²) in [5.41, 5.74) is 8.85. The summed E-state index contributed by atoms with van der Waals surface area (Å²) in [6.07, 6.45) is 0. The van der Waals surface area contributed by atoms with E-state index < -0.39 is 0 Å². The third kappa shape index (κ3) is 3.21. The molecular formula is C23H18N2O5S. The minimum absolute atomic E-state index is 0.154. The van der Waals surface area contributed by atoms with Crippen molar-refractivity contribution in [2.75, 3.05) is 26.7 Å². The fraction of sp³-hybridized carbons (Fsp3) is 0.130. The number of thiophene rings is 1. The Morgan fingerprint density at radius 1 is 1.00 bits per heavy atom. The van der Waals surface area contributed by atoms with E-state index in [2.05, 4.69) is 0 Å². The minimum Gasteiger partial charge on any atom is -0.493 e. The van der Waals surface area contributed by atoms with Gasteiger partial charge >= 0.3 is 0 Å². The summed E-state index contributed by atoms with van der Waals surface area (Å²) < 4.78 is 21.4. The lowest BCUT2D eigenvalue weighted by molar-refractivity contribution is 0.104. The lowest BCUT2D eigenvalue weighted by Crippen LogP contribution is -2.02. The SMILES string of the molecule is COc1ccc(-c2ccc3c(N)c(C(=O)c4ccc5c(c4)OCO5)sc3n2)cc1OC. The van der Waals surface area contributed by atoms with Crippen LogP contribution in [0, 0.1) is 0 Å². The molecule has 2 aromatic heterocycles. The number of benzene rings is 2. The van der Waals surface area contributed by atoms with Crippen molar-refractivity contribution in [3.05, 3.63) is 59.0 Å². The van der Waals surface area contributed by atoms with Gasteiger partial charge in [-0.25, -0.2) is 4.98 Å². The van der Waals surface area contributed by atoms with Gasteiger partial charge in [-0.15, -0.1) is 11.3 Å². The van der Waals surface area contributed by atoms with E-state index in [0.29, 0.717) is 44.0 Å². The van der Waals surface area contributed by atoms with Gasteiger partial charge in [-0.2, -0.15) is 0 Å². The summed E-state index contributed by atoms with van der Waals surface area (Å²) in [5.74, 6) is 2.27. The second-order valence-electron chi connectivity index (χ2n) is 6.86. The summed E-state index contributed by atoms with van der Waals surface area (Å²) in [4.78, 5) is 19.0. The number of methoxy groups -OCH3 is 2. The van der Waals surface area contributed by atoms with Crippen LogP contribution < -0.4 is 24.7 Å². The van der Waals surface area contributed by atoms with Crippen LogP contribution in [0.15, 0.2) is 48.5 Å². The van der Waals surface area contributed by atoms with Crippen LogP contribution in [0.2, 0.25) is 0 Å². The van der Waals surface area contributed by atoms with E-state index in [-0.39, 0.29) is 12.6 Å². The average Bonchev–Trinajstić information content (AvgIpc) is 3.41.